The number of hydrogen-bond acceptors (Lipinski definition) is 18. The molecular formula is C15H15Na3O21. The maximum Gasteiger partial charge on any atom is 1.00 e. The molecule has 24 heteroatoms. The first-order valence-electron chi connectivity index (χ1n) is 8.28. The van der Waals surface area contributed by atoms with E-state index in [1.54, 1.807) is 0 Å². The monoisotopic (exact) mass is 600 g/mol. The molecule has 0 heterocycles. The van der Waals surface area contributed by atoms with Crippen LogP contribution < -0.4 is 104 Å². The molecule has 204 valence electrons. The zero-order valence-corrected chi connectivity index (χ0v) is 26.4. The molecule has 21 nitrogen and oxygen atoms in total. The van der Waals surface area contributed by atoms with Gasteiger partial charge in [0.05, 0.1) is 37.2 Å². The Morgan fingerprint density at radius 2 is 0.615 bits per heavy atom. The average molecular weight is 600 g/mol. The normalized spacial score (nSPS) is 8.31. The quantitative estimate of drug-likeness (QED) is 0.0679. The van der Waals surface area contributed by atoms with Crippen LogP contribution in [-0.2, 0) is 72.5 Å². The molecule has 0 aliphatic rings. The van der Waals surface area contributed by atoms with Gasteiger partial charge in [0, 0.05) is 0 Å². The van der Waals surface area contributed by atoms with E-state index in [9.17, 15) is 58.5 Å². The van der Waals surface area contributed by atoms with Crippen LogP contribution in [-0.4, -0.2) is 88.9 Å². The van der Waals surface area contributed by atoms with Gasteiger partial charge in [-0.2, -0.15) is 14.7 Å². The van der Waals surface area contributed by atoms with Crippen LogP contribution in [0.2, 0.25) is 0 Å². The second-order valence-corrected chi connectivity index (χ2v) is 4.98. The van der Waals surface area contributed by atoms with Crippen molar-refractivity contribution in [2.45, 2.75) is 19.3 Å². The third-order valence-electron chi connectivity index (χ3n) is 1.87. The average Bonchev–Trinajstić information content (AvgIpc) is 2.66. The van der Waals surface area contributed by atoms with Crippen LogP contribution >= 0.6 is 0 Å². The molecule has 0 aromatic rings. The van der Waals surface area contributed by atoms with Gasteiger partial charge in [0.25, 0.3) is 0 Å². The van der Waals surface area contributed by atoms with Crippen LogP contribution in [0.4, 0.5) is 0 Å². The van der Waals surface area contributed by atoms with E-state index in [1.165, 1.54) is 0 Å². The van der Waals surface area contributed by atoms with Gasteiger partial charge in [0.2, 0.25) is 0 Å². The Labute approximate surface area is 282 Å². The van der Waals surface area contributed by atoms with E-state index >= 15 is 0 Å². The first-order valence-corrected chi connectivity index (χ1v) is 8.28. The van der Waals surface area contributed by atoms with Gasteiger partial charge in [-0.15, -0.1) is 0 Å². The van der Waals surface area contributed by atoms with Crippen molar-refractivity contribution in [1.29, 1.82) is 0 Å². The minimum absolute atomic E-state index is 0. The molecule has 0 spiro atoms. The van der Waals surface area contributed by atoms with Gasteiger partial charge in [-0.3, -0.25) is 14.7 Å². The van der Waals surface area contributed by atoms with Crippen molar-refractivity contribution in [2.24, 2.45) is 0 Å². The summed E-state index contributed by atoms with van der Waals surface area (Å²) in [6.45, 7) is -2.50. The van der Waals surface area contributed by atoms with E-state index in [0.717, 1.165) is 0 Å². The van der Waals surface area contributed by atoms with Crippen molar-refractivity contribution in [3.63, 3.8) is 0 Å². The van der Waals surface area contributed by atoms with Gasteiger partial charge in [-0.25, -0.2) is 28.8 Å². The van der Waals surface area contributed by atoms with Crippen LogP contribution in [0.1, 0.15) is 19.3 Å². The summed E-state index contributed by atoms with van der Waals surface area (Å²) in [6, 6.07) is 0. The van der Waals surface area contributed by atoms with Crippen LogP contribution in [0.3, 0.4) is 0 Å². The molecule has 0 bridgehead atoms. The third kappa shape index (κ3) is 53.2. The molecule has 0 radical (unpaired) electrons. The van der Waals surface area contributed by atoms with Crippen LogP contribution in [0, 0.1) is 0 Å². The van der Waals surface area contributed by atoms with E-state index in [2.05, 4.69) is 29.3 Å². The summed E-state index contributed by atoms with van der Waals surface area (Å²) in [5, 5.41) is 53.1. The van der Waals surface area contributed by atoms with Gasteiger partial charge in [-0.1, -0.05) is 0 Å². The number of carbonyl (C=O) groups excluding carboxylic acids is 6. The molecule has 0 saturated heterocycles. The van der Waals surface area contributed by atoms with E-state index < -0.39 is 92.8 Å². The minimum atomic E-state index is -1.63. The molecule has 39 heavy (non-hydrogen) atoms. The SMILES string of the molecule is O=C([O-])CC(=O)OOCC(=O)O.O=C([O-])CC(=O)OOCC(=O)O.O=C([O-])CC(=O)OOCC(=O)O.[Na+].[Na+].[Na+]. The molecule has 0 saturated carbocycles. The molecule has 0 aromatic heterocycles. The fourth-order valence-corrected chi connectivity index (χ4v) is 0.879. The van der Waals surface area contributed by atoms with E-state index in [1.807, 2.05) is 0 Å². The predicted octanol–water partition coefficient (Wildman–Crippen LogP) is -15.9. The molecule has 0 rings (SSSR count). The molecule has 0 unspecified atom stereocenters. The molecule has 0 aliphatic heterocycles. The summed E-state index contributed by atoms with van der Waals surface area (Å²) in [5.74, 6) is -12.5. The van der Waals surface area contributed by atoms with Gasteiger partial charge >= 0.3 is 124 Å². The number of carboxylic acids is 6. The Morgan fingerprint density at radius 3 is 0.744 bits per heavy atom. The molecule has 0 fully saturated rings. The fraction of sp³-hybridized carbons (Fsp3) is 0.400. The van der Waals surface area contributed by atoms with E-state index in [0.29, 0.717) is 0 Å². The summed E-state index contributed by atoms with van der Waals surface area (Å²) in [6.07, 6.45) is -2.92. The number of carboxylic acid groups (broad SMARTS) is 6. The van der Waals surface area contributed by atoms with Crippen molar-refractivity contribution in [3.8, 4) is 0 Å². The Hall–Kier alpha value is -1.89. The summed E-state index contributed by atoms with van der Waals surface area (Å²) >= 11 is 0. The van der Waals surface area contributed by atoms with Gasteiger partial charge in [0.1, 0.15) is 0 Å². The number of aliphatic carboxylic acids is 6. The first kappa shape index (κ1) is 50.0. The molecule has 0 amide bonds. The predicted molar refractivity (Wildman–Crippen MR) is 87.9 cm³/mol. The number of carbonyl (C=O) groups is 9. The van der Waals surface area contributed by atoms with Gasteiger partial charge in [0.15, 0.2) is 19.8 Å². The second kappa shape index (κ2) is 32.3. The summed E-state index contributed by atoms with van der Waals surface area (Å²) in [4.78, 5) is 112. The number of hydrogen-bond donors (Lipinski definition) is 3. The molecular weight excluding hydrogens is 585 g/mol. The smallest absolute Gasteiger partial charge is 0.550 e. The molecule has 0 aromatic carbocycles. The Bertz CT molecular complexity index is 708. The fourth-order valence-electron chi connectivity index (χ4n) is 0.879. The zero-order valence-electron chi connectivity index (χ0n) is 20.4. The van der Waals surface area contributed by atoms with Crippen molar-refractivity contribution < 1.29 is 192 Å². The standard InChI is InChI=1S/3C5H6O7.3Na/c3*6-3(7)1-5(10)12-11-2-4(8)9;;;/h3*1-2H2,(H,6,7)(H,8,9);;;/q;;;3*+1/p-3. The summed E-state index contributed by atoms with van der Waals surface area (Å²) < 4.78 is 0. The van der Waals surface area contributed by atoms with Crippen LogP contribution in [0.15, 0.2) is 0 Å². The Balaban J connectivity index is -0.000000101. The summed E-state index contributed by atoms with van der Waals surface area (Å²) in [5.41, 5.74) is 0. The van der Waals surface area contributed by atoms with Crippen molar-refractivity contribution in [2.75, 3.05) is 19.8 Å². The second-order valence-electron chi connectivity index (χ2n) is 4.98. The third-order valence-corrected chi connectivity index (χ3v) is 1.87. The first-order chi connectivity index (χ1) is 16.6. The largest absolute Gasteiger partial charge is 1.00 e. The molecule has 3 N–H and O–H groups in total. The van der Waals surface area contributed by atoms with E-state index in [-0.39, 0.29) is 88.7 Å². The van der Waals surface area contributed by atoms with E-state index in [4.69, 9.17) is 15.3 Å². The molecule has 0 atom stereocenters. The topological polar surface area (TPSA) is 339 Å². The van der Waals surface area contributed by atoms with Crippen LogP contribution in [0.25, 0.3) is 0 Å². The van der Waals surface area contributed by atoms with Crippen molar-refractivity contribution in [3.05, 3.63) is 0 Å². The van der Waals surface area contributed by atoms with Crippen molar-refractivity contribution in [1.82, 2.24) is 0 Å². The van der Waals surface area contributed by atoms with Gasteiger partial charge < -0.3 is 45.0 Å². The maximum atomic E-state index is 10.3. The van der Waals surface area contributed by atoms with Crippen molar-refractivity contribution >= 4 is 53.7 Å². The maximum absolute atomic E-state index is 10.3. The summed E-state index contributed by atoms with van der Waals surface area (Å²) in [7, 11) is 0. The van der Waals surface area contributed by atoms with Crippen LogP contribution in [0.5, 0.6) is 0 Å². The Kier molecular flexibility index (Phi) is 41.4. The van der Waals surface area contributed by atoms with Gasteiger partial charge in [-0.05, 0) is 0 Å². The minimum Gasteiger partial charge on any atom is -0.550 e. The number of rotatable bonds is 15. The Morgan fingerprint density at radius 1 is 0.436 bits per heavy atom. The molecule has 0 aliphatic carbocycles. The zero-order chi connectivity index (χ0) is 28.7.